The van der Waals surface area contributed by atoms with Gasteiger partial charge in [0.2, 0.25) is 0 Å². The third-order valence-electron chi connectivity index (χ3n) is 4.14. The van der Waals surface area contributed by atoms with Crippen LogP contribution in [0, 0.1) is 0 Å². The van der Waals surface area contributed by atoms with E-state index in [1.165, 1.54) is 0 Å². The fraction of sp³-hybridized carbons (Fsp3) is 0.381. The van der Waals surface area contributed by atoms with Crippen LogP contribution in [0.3, 0.4) is 0 Å². The Labute approximate surface area is 150 Å². The van der Waals surface area contributed by atoms with E-state index in [9.17, 15) is 4.79 Å². The zero-order valence-electron chi connectivity index (χ0n) is 15.2. The number of ketones is 1. The fourth-order valence-corrected chi connectivity index (χ4v) is 2.81. The van der Waals surface area contributed by atoms with Crippen molar-refractivity contribution in [2.75, 3.05) is 20.3 Å². The summed E-state index contributed by atoms with van der Waals surface area (Å²) in [5, 5.41) is 3.42. The first-order valence-electron chi connectivity index (χ1n) is 8.73. The van der Waals surface area contributed by atoms with Crippen LogP contribution in [0.25, 0.3) is 0 Å². The van der Waals surface area contributed by atoms with Gasteiger partial charge in [0.1, 0.15) is 5.75 Å². The first-order valence-corrected chi connectivity index (χ1v) is 8.73. The smallest absolute Gasteiger partial charge is 0.164 e. The zero-order valence-corrected chi connectivity index (χ0v) is 15.2. The molecule has 2 unspecified atom stereocenters. The van der Waals surface area contributed by atoms with Crippen LogP contribution < -0.4 is 10.1 Å². The van der Waals surface area contributed by atoms with Gasteiger partial charge < -0.3 is 14.8 Å². The number of carbonyl (C=O) groups excluding carboxylic acids is 1. The van der Waals surface area contributed by atoms with Crippen LogP contribution in [0.15, 0.2) is 54.6 Å². The Balaban J connectivity index is 1.89. The maximum atomic E-state index is 12.3. The van der Waals surface area contributed by atoms with Crippen molar-refractivity contribution in [2.45, 2.75) is 32.4 Å². The van der Waals surface area contributed by atoms with Gasteiger partial charge in [0.15, 0.2) is 5.78 Å². The van der Waals surface area contributed by atoms with E-state index >= 15 is 0 Å². The molecule has 0 heterocycles. The number of Topliss-reactive ketones (excluding diaryl/α,β-unsaturated/α-hetero) is 1. The Morgan fingerprint density at radius 1 is 1.12 bits per heavy atom. The molecule has 4 heteroatoms. The highest BCUT2D eigenvalue weighted by molar-refractivity contribution is 5.96. The number of benzene rings is 2. The van der Waals surface area contributed by atoms with Crippen molar-refractivity contribution in [1.29, 1.82) is 0 Å². The second-order valence-electron chi connectivity index (χ2n) is 5.93. The number of hydrogen-bond acceptors (Lipinski definition) is 4. The molecule has 0 aromatic heterocycles. The summed E-state index contributed by atoms with van der Waals surface area (Å²) in [4.78, 5) is 12.3. The number of rotatable bonds is 10. The molecule has 0 aliphatic carbocycles. The first-order chi connectivity index (χ1) is 12.2. The predicted molar refractivity (Wildman–Crippen MR) is 100 cm³/mol. The molecular formula is C21H27NO3. The van der Waals surface area contributed by atoms with Crippen LogP contribution >= 0.6 is 0 Å². The number of nitrogens with one attached hydrogen (secondary N) is 1. The molecule has 4 nitrogen and oxygen atoms in total. The second-order valence-corrected chi connectivity index (χ2v) is 5.93. The minimum absolute atomic E-state index is 0.0295. The zero-order chi connectivity index (χ0) is 18.1. The molecule has 0 aliphatic heterocycles. The number of carbonyl (C=O) groups is 1. The second kappa shape index (κ2) is 9.97. The average Bonchev–Trinajstić information content (AvgIpc) is 2.66. The molecule has 0 spiro atoms. The quantitative estimate of drug-likeness (QED) is 0.663. The molecule has 0 saturated heterocycles. The van der Waals surface area contributed by atoms with E-state index in [2.05, 4.69) is 24.4 Å². The Morgan fingerprint density at radius 3 is 2.56 bits per heavy atom. The van der Waals surface area contributed by atoms with Gasteiger partial charge in [-0.25, -0.2) is 0 Å². The summed E-state index contributed by atoms with van der Waals surface area (Å²) in [5.74, 6) is 0.805. The van der Waals surface area contributed by atoms with Gasteiger partial charge in [-0.05, 0) is 31.5 Å². The van der Waals surface area contributed by atoms with Crippen molar-refractivity contribution in [1.82, 2.24) is 5.32 Å². The van der Waals surface area contributed by atoms with Gasteiger partial charge >= 0.3 is 0 Å². The molecule has 2 aromatic carbocycles. The average molecular weight is 341 g/mol. The van der Waals surface area contributed by atoms with Crippen molar-refractivity contribution < 1.29 is 14.3 Å². The van der Waals surface area contributed by atoms with E-state index in [0.29, 0.717) is 30.9 Å². The normalized spacial score (nSPS) is 13.2. The third kappa shape index (κ3) is 5.69. The summed E-state index contributed by atoms with van der Waals surface area (Å²) in [5.41, 5.74) is 1.82. The minimum atomic E-state index is -0.0295. The number of hydrogen-bond donors (Lipinski definition) is 1. The molecule has 0 bridgehead atoms. The van der Waals surface area contributed by atoms with Gasteiger partial charge in [-0.3, -0.25) is 4.79 Å². The van der Waals surface area contributed by atoms with Crippen LogP contribution in [0.4, 0.5) is 0 Å². The highest BCUT2D eigenvalue weighted by Gasteiger charge is 2.19. The van der Waals surface area contributed by atoms with Gasteiger partial charge in [0, 0.05) is 31.2 Å². The molecule has 2 rings (SSSR count). The number of methoxy groups -OCH3 is 1. The van der Waals surface area contributed by atoms with Crippen LogP contribution in [-0.4, -0.2) is 32.1 Å². The lowest BCUT2D eigenvalue weighted by atomic mass is 10.0. The van der Waals surface area contributed by atoms with E-state index in [4.69, 9.17) is 9.47 Å². The van der Waals surface area contributed by atoms with Crippen molar-refractivity contribution >= 4 is 5.78 Å². The van der Waals surface area contributed by atoms with E-state index < -0.39 is 0 Å². The highest BCUT2D eigenvalue weighted by atomic mass is 16.5. The lowest BCUT2D eigenvalue weighted by molar-refractivity contribution is 0.0378. The third-order valence-corrected chi connectivity index (χ3v) is 4.14. The van der Waals surface area contributed by atoms with Gasteiger partial charge in [-0.15, -0.1) is 0 Å². The molecule has 1 N–H and O–H groups in total. The summed E-state index contributed by atoms with van der Waals surface area (Å²) < 4.78 is 11.1. The Morgan fingerprint density at radius 2 is 1.88 bits per heavy atom. The van der Waals surface area contributed by atoms with E-state index in [1.54, 1.807) is 13.2 Å². The fourth-order valence-electron chi connectivity index (χ4n) is 2.81. The van der Waals surface area contributed by atoms with Crippen LogP contribution in [0.5, 0.6) is 5.75 Å². The van der Waals surface area contributed by atoms with Crippen molar-refractivity contribution in [3.63, 3.8) is 0 Å². The van der Waals surface area contributed by atoms with Crippen molar-refractivity contribution in [3.8, 4) is 5.75 Å². The van der Waals surface area contributed by atoms with E-state index in [1.807, 2.05) is 43.3 Å². The molecule has 134 valence electrons. The molecule has 2 atom stereocenters. The molecule has 0 amide bonds. The maximum Gasteiger partial charge on any atom is 0.164 e. The molecule has 25 heavy (non-hydrogen) atoms. The molecule has 0 radical (unpaired) electrons. The molecule has 2 aromatic rings. The standard InChI is InChI=1S/C21H27NO3/c1-4-25-21(17-9-6-5-7-10-17)16(2)22-14-13-20(23)18-11-8-12-19(15-18)24-3/h5-12,15-16,21-22H,4,13-14H2,1-3H3. The van der Waals surface area contributed by atoms with Crippen LogP contribution in [-0.2, 0) is 4.74 Å². The van der Waals surface area contributed by atoms with Gasteiger partial charge in [0.05, 0.1) is 13.2 Å². The summed E-state index contributed by atoms with van der Waals surface area (Å²) in [7, 11) is 1.60. The van der Waals surface area contributed by atoms with Crippen LogP contribution in [0.1, 0.15) is 42.3 Å². The Hall–Kier alpha value is -2.17. The highest BCUT2D eigenvalue weighted by Crippen LogP contribution is 2.21. The summed E-state index contributed by atoms with van der Waals surface area (Å²) in [6.07, 6.45) is 0.406. The summed E-state index contributed by atoms with van der Waals surface area (Å²) >= 11 is 0. The van der Waals surface area contributed by atoms with Crippen molar-refractivity contribution in [3.05, 3.63) is 65.7 Å². The van der Waals surface area contributed by atoms with Crippen LogP contribution in [0.2, 0.25) is 0 Å². The van der Waals surface area contributed by atoms with E-state index in [-0.39, 0.29) is 17.9 Å². The lowest BCUT2D eigenvalue weighted by Gasteiger charge is -2.25. The maximum absolute atomic E-state index is 12.3. The van der Waals surface area contributed by atoms with E-state index in [0.717, 1.165) is 5.56 Å². The largest absolute Gasteiger partial charge is 0.497 e. The molecule has 0 fully saturated rings. The Bertz CT molecular complexity index is 657. The summed E-state index contributed by atoms with van der Waals surface area (Å²) in [6.45, 7) is 5.33. The SMILES string of the molecule is CCOC(c1ccccc1)C(C)NCCC(=O)c1cccc(OC)c1. The molecule has 0 aliphatic rings. The Kier molecular flexibility index (Phi) is 7.64. The topological polar surface area (TPSA) is 47.6 Å². The molecule has 0 saturated carbocycles. The monoisotopic (exact) mass is 341 g/mol. The van der Waals surface area contributed by atoms with Gasteiger partial charge in [0.25, 0.3) is 0 Å². The van der Waals surface area contributed by atoms with Gasteiger partial charge in [-0.1, -0.05) is 42.5 Å². The predicted octanol–water partition coefficient (Wildman–Crippen LogP) is 4.02. The van der Waals surface area contributed by atoms with Gasteiger partial charge in [-0.2, -0.15) is 0 Å². The summed E-state index contributed by atoms with van der Waals surface area (Å²) in [6, 6.07) is 17.5. The molecular weight excluding hydrogens is 314 g/mol. The van der Waals surface area contributed by atoms with Crippen molar-refractivity contribution in [2.24, 2.45) is 0 Å². The number of ether oxygens (including phenoxy) is 2. The minimum Gasteiger partial charge on any atom is -0.497 e. The first kappa shape index (κ1) is 19.2. The lowest BCUT2D eigenvalue weighted by Crippen LogP contribution is -2.35.